The van der Waals surface area contributed by atoms with Gasteiger partial charge < -0.3 is 9.47 Å². The van der Waals surface area contributed by atoms with Gasteiger partial charge in [-0.15, -0.1) is 10.2 Å². The van der Waals surface area contributed by atoms with Crippen molar-refractivity contribution < 1.29 is 14.4 Å². The minimum Gasteiger partial charge on any atom is -0.338 e. The van der Waals surface area contributed by atoms with Crippen molar-refractivity contribution in [3.05, 3.63) is 82.9 Å². The van der Waals surface area contributed by atoms with Crippen LogP contribution in [0.2, 0.25) is 0 Å². The summed E-state index contributed by atoms with van der Waals surface area (Å²) in [6.07, 6.45) is 3.65. The summed E-state index contributed by atoms with van der Waals surface area (Å²) in [5.74, 6) is 0.532. The summed E-state index contributed by atoms with van der Waals surface area (Å²) in [7, 11) is 0. The van der Waals surface area contributed by atoms with Gasteiger partial charge in [-0.25, -0.2) is 0 Å². The number of rotatable bonds is 5. The molecule has 2 aliphatic rings. The zero-order chi connectivity index (χ0) is 22.9. The van der Waals surface area contributed by atoms with Crippen LogP contribution in [0.1, 0.15) is 68.1 Å². The molecule has 33 heavy (non-hydrogen) atoms. The molecular weight excluding hydrogens is 418 g/mol. The van der Waals surface area contributed by atoms with Crippen LogP contribution >= 0.6 is 0 Å². The zero-order valence-corrected chi connectivity index (χ0v) is 18.5. The van der Waals surface area contributed by atoms with Crippen molar-refractivity contribution in [3.8, 4) is 0 Å². The number of fused-ring (bicyclic) bond motifs is 1. The number of hydrogen-bond acceptors (Lipinski definition) is 5. The minimum absolute atomic E-state index is 0.0189. The molecule has 0 saturated carbocycles. The Morgan fingerprint density at radius 1 is 1.03 bits per heavy atom. The number of nitrogens with zero attached hydrogens (tertiary/aromatic N) is 5. The Balaban J connectivity index is 1.26. The maximum atomic E-state index is 13.1. The number of piperidine rings is 1. The molecule has 1 unspecified atom stereocenters. The van der Waals surface area contributed by atoms with Crippen LogP contribution in [0.4, 0.5) is 0 Å². The van der Waals surface area contributed by atoms with E-state index in [1.165, 1.54) is 4.90 Å². The number of carbonyl (C=O) groups excluding carboxylic acids is 3. The van der Waals surface area contributed by atoms with Crippen LogP contribution in [0.25, 0.3) is 0 Å². The van der Waals surface area contributed by atoms with Crippen LogP contribution in [0, 0.1) is 0 Å². The Morgan fingerprint density at radius 3 is 2.39 bits per heavy atom. The zero-order valence-electron chi connectivity index (χ0n) is 18.5. The highest BCUT2D eigenvalue weighted by Gasteiger charge is 2.35. The van der Waals surface area contributed by atoms with Gasteiger partial charge >= 0.3 is 0 Å². The van der Waals surface area contributed by atoms with Gasteiger partial charge in [0.25, 0.3) is 17.7 Å². The first-order valence-electron chi connectivity index (χ1n) is 11.3. The van der Waals surface area contributed by atoms with Gasteiger partial charge in [0.2, 0.25) is 0 Å². The summed E-state index contributed by atoms with van der Waals surface area (Å²) in [5.41, 5.74) is 2.27. The number of amides is 3. The quantitative estimate of drug-likeness (QED) is 0.566. The standard InChI is InChI=1S/C25H25N5O3/c1-2-28-16-26-27-22(28)19-6-5-13-29(15-19)23(31)18-11-9-17(10-12-18)14-30-24(32)20-7-3-4-8-21(20)25(30)33/h3-4,7-12,16,19H,2,5-6,13-15H2,1H3. The number of imide groups is 1. The van der Waals surface area contributed by atoms with E-state index in [1.807, 2.05) is 21.6 Å². The number of carbonyl (C=O) groups is 3. The van der Waals surface area contributed by atoms with Crippen molar-refractivity contribution in [2.24, 2.45) is 0 Å². The van der Waals surface area contributed by atoms with Crippen molar-refractivity contribution in [1.29, 1.82) is 0 Å². The SMILES string of the molecule is CCn1cnnc1C1CCCN(C(=O)c2ccc(CN3C(=O)c4ccccc4C3=O)cc2)C1. The van der Waals surface area contributed by atoms with Gasteiger partial charge in [-0.05, 0) is 49.6 Å². The second-order valence-corrected chi connectivity index (χ2v) is 8.50. The molecule has 0 spiro atoms. The van der Waals surface area contributed by atoms with Crippen molar-refractivity contribution in [3.63, 3.8) is 0 Å². The molecule has 0 N–H and O–H groups in total. The Morgan fingerprint density at radius 2 is 1.73 bits per heavy atom. The molecule has 0 aliphatic carbocycles. The lowest BCUT2D eigenvalue weighted by Crippen LogP contribution is -2.39. The molecule has 1 aromatic heterocycles. The molecular formula is C25H25N5O3. The summed E-state index contributed by atoms with van der Waals surface area (Å²) in [4.78, 5) is 41.5. The smallest absolute Gasteiger partial charge is 0.261 e. The van der Waals surface area contributed by atoms with Crippen molar-refractivity contribution in [2.45, 2.75) is 38.8 Å². The third kappa shape index (κ3) is 3.82. The van der Waals surface area contributed by atoms with Crippen LogP contribution in [-0.2, 0) is 13.1 Å². The average Bonchev–Trinajstić information content (AvgIpc) is 3.43. The van der Waals surface area contributed by atoms with E-state index in [0.29, 0.717) is 29.8 Å². The van der Waals surface area contributed by atoms with E-state index in [1.54, 1.807) is 42.7 Å². The Kier molecular flexibility index (Phi) is 5.50. The second kappa shape index (κ2) is 8.61. The Hall–Kier alpha value is -3.81. The minimum atomic E-state index is -0.282. The third-order valence-electron chi connectivity index (χ3n) is 6.48. The Labute approximate surface area is 191 Å². The van der Waals surface area contributed by atoms with E-state index in [4.69, 9.17) is 0 Å². The third-order valence-corrected chi connectivity index (χ3v) is 6.48. The van der Waals surface area contributed by atoms with E-state index >= 15 is 0 Å². The predicted molar refractivity (Wildman–Crippen MR) is 121 cm³/mol. The van der Waals surface area contributed by atoms with E-state index < -0.39 is 0 Å². The molecule has 3 heterocycles. The van der Waals surface area contributed by atoms with E-state index in [-0.39, 0.29) is 30.2 Å². The van der Waals surface area contributed by atoms with Gasteiger partial charge in [0.05, 0.1) is 17.7 Å². The first-order chi connectivity index (χ1) is 16.1. The first-order valence-corrected chi connectivity index (χ1v) is 11.3. The maximum Gasteiger partial charge on any atom is 0.261 e. The van der Waals surface area contributed by atoms with Crippen LogP contribution in [0.3, 0.4) is 0 Å². The highest BCUT2D eigenvalue weighted by atomic mass is 16.2. The summed E-state index contributed by atoms with van der Waals surface area (Å²) in [6.45, 7) is 4.38. The lowest BCUT2D eigenvalue weighted by Gasteiger charge is -2.32. The highest BCUT2D eigenvalue weighted by Crippen LogP contribution is 2.27. The molecule has 2 aromatic carbocycles. The molecule has 1 atom stereocenters. The van der Waals surface area contributed by atoms with Gasteiger partial charge in [0.1, 0.15) is 12.2 Å². The van der Waals surface area contributed by atoms with Gasteiger partial charge in [-0.3, -0.25) is 19.3 Å². The lowest BCUT2D eigenvalue weighted by molar-refractivity contribution is 0.0639. The number of hydrogen-bond donors (Lipinski definition) is 0. The largest absolute Gasteiger partial charge is 0.338 e. The normalized spacial score (nSPS) is 18.0. The predicted octanol–water partition coefficient (Wildman–Crippen LogP) is 3.11. The van der Waals surface area contributed by atoms with Crippen LogP contribution in [0.5, 0.6) is 0 Å². The molecule has 5 rings (SSSR count). The molecule has 1 saturated heterocycles. The van der Waals surface area contributed by atoms with Gasteiger partial charge in [-0.2, -0.15) is 0 Å². The fraction of sp³-hybridized carbons (Fsp3) is 0.320. The van der Waals surface area contributed by atoms with Crippen molar-refractivity contribution >= 4 is 17.7 Å². The topological polar surface area (TPSA) is 88.4 Å². The molecule has 2 aliphatic heterocycles. The summed E-state index contributed by atoms with van der Waals surface area (Å²) >= 11 is 0. The monoisotopic (exact) mass is 443 g/mol. The fourth-order valence-corrected chi connectivity index (χ4v) is 4.70. The molecule has 0 radical (unpaired) electrons. The molecule has 3 aromatic rings. The first kappa shape index (κ1) is 21.1. The molecule has 0 bridgehead atoms. The van der Waals surface area contributed by atoms with E-state index in [0.717, 1.165) is 30.8 Å². The van der Waals surface area contributed by atoms with Crippen molar-refractivity contribution in [2.75, 3.05) is 13.1 Å². The number of aromatic nitrogens is 3. The van der Waals surface area contributed by atoms with Crippen LogP contribution in [0.15, 0.2) is 54.9 Å². The van der Waals surface area contributed by atoms with Gasteiger partial charge in [0, 0.05) is 31.1 Å². The molecule has 8 heteroatoms. The maximum absolute atomic E-state index is 13.1. The molecule has 3 amide bonds. The lowest BCUT2D eigenvalue weighted by atomic mass is 9.96. The molecule has 8 nitrogen and oxygen atoms in total. The number of aryl methyl sites for hydroxylation is 1. The fourth-order valence-electron chi connectivity index (χ4n) is 4.70. The molecule has 168 valence electrons. The summed E-state index contributed by atoms with van der Waals surface area (Å²) in [5, 5.41) is 8.31. The van der Waals surface area contributed by atoms with Crippen molar-refractivity contribution in [1.82, 2.24) is 24.6 Å². The van der Waals surface area contributed by atoms with Gasteiger partial charge in [0.15, 0.2) is 0 Å². The summed E-state index contributed by atoms with van der Waals surface area (Å²) in [6, 6.07) is 14.0. The van der Waals surface area contributed by atoms with E-state index in [9.17, 15) is 14.4 Å². The summed E-state index contributed by atoms with van der Waals surface area (Å²) < 4.78 is 2.03. The van der Waals surface area contributed by atoms with Crippen LogP contribution in [-0.4, -0.2) is 55.4 Å². The Bertz CT molecular complexity index is 1180. The number of likely N-dealkylation sites (tertiary alicyclic amines) is 1. The average molecular weight is 444 g/mol. The van der Waals surface area contributed by atoms with Gasteiger partial charge in [-0.1, -0.05) is 24.3 Å². The van der Waals surface area contributed by atoms with Crippen LogP contribution < -0.4 is 0 Å². The second-order valence-electron chi connectivity index (χ2n) is 8.50. The van der Waals surface area contributed by atoms with E-state index in [2.05, 4.69) is 17.1 Å². The number of benzene rings is 2. The highest BCUT2D eigenvalue weighted by molar-refractivity contribution is 6.21. The molecule has 1 fully saturated rings.